The minimum absolute atomic E-state index is 0.0539. The van der Waals surface area contributed by atoms with Crippen LogP contribution in [0.1, 0.15) is 0 Å². The average molecular weight is 195 g/mol. The first-order valence-electron chi connectivity index (χ1n) is 3.81. The third-order valence-corrected chi connectivity index (χ3v) is 1.58. The molecule has 0 bridgehead atoms. The van der Waals surface area contributed by atoms with Gasteiger partial charge in [0.1, 0.15) is 0 Å². The van der Waals surface area contributed by atoms with Crippen LogP contribution >= 0.6 is 0 Å². The molecule has 0 spiro atoms. The maximum atomic E-state index is 13.2. The molecule has 1 aromatic rings. The number of halogens is 1. The van der Waals surface area contributed by atoms with Crippen LogP contribution in [0.25, 0.3) is 0 Å². The van der Waals surface area contributed by atoms with Gasteiger partial charge < -0.3 is 4.74 Å². The van der Waals surface area contributed by atoms with Gasteiger partial charge in [0, 0.05) is 19.0 Å². The molecule has 0 atom stereocenters. The number of aromatic nitrogens is 1. The second-order valence-corrected chi connectivity index (χ2v) is 2.35. The number of rotatable bonds is 4. The highest BCUT2D eigenvalue weighted by Crippen LogP contribution is 2.20. The molecule has 0 N–H and O–H groups in total. The number of nitrogens with zero attached hydrogens (tertiary/aromatic N) is 3. The highest BCUT2D eigenvalue weighted by molar-refractivity contribution is 5.49. The number of hydrogen-bond acceptors (Lipinski definition) is 4. The van der Waals surface area contributed by atoms with Gasteiger partial charge in [0.05, 0.1) is 19.0 Å². The smallest absolute Gasteiger partial charge is 0.250 e. The lowest BCUT2D eigenvalue weighted by atomic mass is 10.4. The lowest BCUT2D eigenvalue weighted by Crippen LogP contribution is -2.06. The van der Waals surface area contributed by atoms with Crippen LogP contribution in [0, 0.1) is 5.82 Å². The molecule has 0 aromatic carbocycles. The molecule has 14 heavy (non-hydrogen) atoms. The molecule has 1 aromatic heterocycles. The van der Waals surface area contributed by atoms with Gasteiger partial charge in [-0.1, -0.05) is 6.58 Å². The SMILES string of the molecule is C=CN(N=C)c1cnc(OC)c(F)c1. The van der Waals surface area contributed by atoms with E-state index in [1.807, 2.05) is 0 Å². The molecule has 74 valence electrons. The monoisotopic (exact) mass is 195 g/mol. The molecule has 0 saturated heterocycles. The van der Waals surface area contributed by atoms with E-state index in [4.69, 9.17) is 0 Å². The second kappa shape index (κ2) is 4.36. The fourth-order valence-corrected chi connectivity index (χ4v) is 0.936. The van der Waals surface area contributed by atoms with Gasteiger partial charge in [-0.25, -0.2) is 14.4 Å². The first kappa shape index (κ1) is 10.2. The van der Waals surface area contributed by atoms with Gasteiger partial charge >= 0.3 is 0 Å². The minimum Gasteiger partial charge on any atom is -0.479 e. The Morgan fingerprint density at radius 3 is 2.86 bits per heavy atom. The predicted octanol–water partition coefficient (Wildman–Crippen LogP) is 1.79. The van der Waals surface area contributed by atoms with Crippen molar-refractivity contribution in [2.45, 2.75) is 0 Å². The lowest BCUT2D eigenvalue weighted by molar-refractivity contribution is 0.369. The molecule has 1 heterocycles. The van der Waals surface area contributed by atoms with Gasteiger partial charge in [0.15, 0.2) is 5.82 Å². The van der Waals surface area contributed by atoms with E-state index in [9.17, 15) is 4.39 Å². The van der Waals surface area contributed by atoms with E-state index in [-0.39, 0.29) is 5.88 Å². The Kier molecular flexibility index (Phi) is 3.17. The summed E-state index contributed by atoms with van der Waals surface area (Å²) in [5.41, 5.74) is 0.438. The van der Waals surface area contributed by atoms with Crippen LogP contribution in [-0.2, 0) is 0 Å². The van der Waals surface area contributed by atoms with E-state index in [0.717, 1.165) is 0 Å². The molecule has 0 aliphatic carbocycles. The van der Waals surface area contributed by atoms with Gasteiger partial charge in [-0.2, -0.15) is 5.10 Å². The molecule has 0 unspecified atom stereocenters. The molecule has 5 heteroatoms. The third kappa shape index (κ3) is 1.87. The highest BCUT2D eigenvalue weighted by Gasteiger charge is 2.07. The fourth-order valence-electron chi connectivity index (χ4n) is 0.936. The molecule has 0 fully saturated rings. The van der Waals surface area contributed by atoms with E-state index in [1.54, 1.807) is 0 Å². The van der Waals surface area contributed by atoms with E-state index >= 15 is 0 Å². The quantitative estimate of drug-likeness (QED) is 0.543. The van der Waals surface area contributed by atoms with E-state index < -0.39 is 5.82 Å². The third-order valence-electron chi connectivity index (χ3n) is 1.58. The largest absolute Gasteiger partial charge is 0.479 e. The lowest BCUT2D eigenvalue weighted by Gasteiger charge is -2.12. The summed E-state index contributed by atoms with van der Waals surface area (Å²) < 4.78 is 17.8. The topological polar surface area (TPSA) is 37.7 Å². The van der Waals surface area contributed by atoms with E-state index in [0.29, 0.717) is 5.69 Å². The predicted molar refractivity (Wildman–Crippen MR) is 53.0 cm³/mol. The fraction of sp³-hybridized carbons (Fsp3) is 0.111. The van der Waals surface area contributed by atoms with Crippen LogP contribution in [0.5, 0.6) is 5.88 Å². The van der Waals surface area contributed by atoms with E-state index in [1.165, 1.54) is 30.6 Å². The molecule has 0 amide bonds. The van der Waals surface area contributed by atoms with Crippen LogP contribution < -0.4 is 9.75 Å². The highest BCUT2D eigenvalue weighted by atomic mass is 19.1. The van der Waals surface area contributed by atoms with Crippen molar-refractivity contribution in [1.82, 2.24) is 4.98 Å². The zero-order valence-corrected chi connectivity index (χ0v) is 7.77. The molecule has 0 aliphatic heterocycles. The maximum Gasteiger partial charge on any atom is 0.250 e. The van der Waals surface area contributed by atoms with Gasteiger partial charge in [0.2, 0.25) is 5.88 Å². The second-order valence-electron chi connectivity index (χ2n) is 2.35. The first-order chi connectivity index (χ1) is 6.72. The maximum absolute atomic E-state index is 13.2. The number of hydrogen-bond donors (Lipinski definition) is 0. The van der Waals surface area contributed by atoms with Crippen molar-refractivity contribution in [3.63, 3.8) is 0 Å². The summed E-state index contributed by atoms with van der Waals surface area (Å²) in [6.07, 6.45) is 2.81. The van der Waals surface area contributed by atoms with Gasteiger partial charge in [-0.3, -0.25) is 0 Å². The molecule has 0 aliphatic rings. The first-order valence-corrected chi connectivity index (χ1v) is 3.81. The van der Waals surface area contributed by atoms with Crippen LogP contribution in [0.2, 0.25) is 0 Å². The standard InChI is InChI=1S/C9H10FN3O/c1-4-13(11-2)7-5-8(10)9(14-3)12-6-7/h4-6H,1-2H2,3H3. The number of pyridine rings is 1. The van der Waals surface area contributed by atoms with Gasteiger partial charge in [-0.15, -0.1) is 0 Å². The van der Waals surface area contributed by atoms with Crippen molar-refractivity contribution >= 4 is 12.4 Å². The Labute approximate surface area is 81.3 Å². The van der Waals surface area contributed by atoms with Crippen molar-refractivity contribution in [3.05, 3.63) is 30.9 Å². The Morgan fingerprint density at radius 2 is 2.43 bits per heavy atom. The van der Waals surface area contributed by atoms with Crippen molar-refractivity contribution in [3.8, 4) is 5.88 Å². The molecule has 0 radical (unpaired) electrons. The Bertz CT molecular complexity index is 346. The number of anilines is 1. The summed E-state index contributed by atoms with van der Waals surface area (Å²) in [6.45, 7) is 6.79. The molecular formula is C9H10FN3O. The number of ether oxygens (including phenoxy) is 1. The minimum atomic E-state index is -0.555. The van der Waals surface area contributed by atoms with Crippen LogP contribution in [0.15, 0.2) is 30.1 Å². The summed E-state index contributed by atoms with van der Waals surface area (Å²) in [7, 11) is 1.35. The number of hydrazone groups is 1. The molecule has 1 rings (SSSR count). The summed E-state index contributed by atoms with van der Waals surface area (Å²) >= 11 is 0. The number of methoxy groups -OCH3 is 1. The van der Waals surface area contributed by atoms with E-state index in [2.05, 4.69) is 28.1 Å². The van der Waals surface area contributed by atoms with Crippen molar-refractivity contribution < 1.29 is 9.13 Å². The summed E-state index contributed by atoms with van der Waals surface area (Å²) in [5.74, 6) is -0.609. The molecule has 0 saturated carbocycles. The summed E-state index contributed by atoms with van der Waals surface area (Å²) in [4.78, 5) is 3.74. The van der Waals surface area contributed by atoms with Gasteiger partial charge in [-0.05, 0) is 0 Å². The summed E-state index contributed by atoms with van der Waals surface area (Å²) in [5, 5.41) is 4.89. The Hall–Kier alpha value is -1.91. The summed E-state index contributed by atoms with van der Waals surface area (Å²) in [6, 6.07) is 1.24. The van der Waals surface area contributed by atoms with Crippen LogP contribution in [0.4, 0.5) is 10.1 Å². The average Bonchev–Trinajstić information content (AvgIpc) is 2.20. The normalized spacial score (nSPS) is 9.29. The van der Waals surface area contributed by atoms with Crippen molar-refractivity contribution in [1.29, 1.82) is 0 Å². The zero-order valence-electron chi connectivity index (χ0n) is 7.77. The molecule has 4 nitrogen and oxygen atoms in total. The zero-order chi connectivity index (χ0) is 10.6. The van der Waals surface area contributed by atoms with Gasteiger partial charge in [0.25, 0.3) is 0 Å². The Morgan fingerprint density at radius 1 is 1.71 bits per heavy atom. The van der Waals surface area contributed by atoms with Crippen molar-refractivity contribution in [2.24, 2.45) is 5.10 Å². The van der Waals surface area contributed by atoms with Crippen LogP contribution in [0.3, 0.4) is 0 Å². The van der Waals surface area contributed by atoms with Crippen molar-refractivity contribution in [2.75, 3.05) is 12.1 Å². The van der Waals surface area contributed by atoms with Crippen LogP contribution in [-0.4, -0.2) is 18.8 Å². The molecular weight excluding hydrogens is 185 g/mol. The Balaban J connectivity index is 3.06.